The minimum absolute atomic E-state index is 0.520. The maximum atomic E-state index is 11.8. The molecule has 1 aliphatic rings. The molecular formula is C11H10Cl2N2O5. The number of rotatable bonds is 2. The predicted molar refractivity (Wildman–Crippen MR) is 70.5 cm³/mol. The Kier molecular flexibility index (Phi) is 4.22. The van der Waals surface area contributed by atoms with Crippen molar-refractivity contribution < 1.29 is 14.9 Å². The van der Waals surface area contributed by atoms with Crippen LogP contribution in [0.3, 0.4) is 0 Å². The van der Waals surface area contributed by atoms with Gasteiger partial charge in [0, 0.05) is 17.6 Å². The van der Waals surface area contributed by atoms with Crippen molar-refractivity contribution in [3.8, 4) is 11.3 Å². The summed E-state index contributed by atoms with van der Waals surface area (Å²) in [4.78, 5) is 23.1. The average Bonchev–Trinajstić information content (AvgIpc) is 2.63. The van der Waals surface area contributed by atoms with Gasteiger partial charge in [0.1, 0.15) is 12.2 Å². The number of hydrogen-bond donors (Lipinski definition) is 3. The molecule has 20 heavy (non-hydrogen) atoms. The summed E-state index contributed by atoms with van der Waals surface area (Å²) in [5.41, 5.74) is -1.37. The summed E-state index contributed by atoms with van der Waals surface area (Å²) in [5, 5.41) is 21.2. The van der Waals surface area contributed by atoms with Gasteiger partial charge < -0.3 is 14.9 Å². The maximum absolute atomic E-state index is 11.8. The fourth-order valence-corrected chi connectivity index (χ4v) is 2.54. The van der Waals surface area contributed by atoms with E-state index in [2.05, 4.69) is 5.92 Å². The van der Waals surface area contributed by atoms with E-state index in [0.29, 0.717) is 0 Å². The first-order chi connectivity index (χ1) is 9.43. The number of aliphatic hydroxyl groups is 2. The van der Waals surface area contributed by atoms with Crippen molar-refractivity contribution in [3.05, 3.63) is 33.1 Å². The van der Waals surface area contributed by atoms with Crippen molar-refractivity contribution in [2.45, 2.75) is 23.3 Å². The number of H-pyrrole nitrogens is 1. The molecule has 1 saturated heterocycles. The first kappa shape index (κ1) is 15.1. The van der Waals surface area contributed by atoms with Gasteiger partial charge in [-0.3, -0.25) is 14.3 Å². The van der Waals surface area contributed by atoms with Gasteiger partial charge in [0.2, 0.25) is 0 Å². The fraction of sp³-hybridized carbons (Fsp3) is 0.455. The Morgan fingerprint density at radius 1 is 1.55 bits per heavy atom. The second-order valence-electron chi connectivity index (χ2n) is 4.16. The molecule has 4 unspecified atom stereocenters. The normalized spacial score (nSPS) is 32.7. The van der Waals surface area contributed by atoms with Crippen molar-refractivity contribution in [3.63, 3.8) is 0 Å². The lowest BCUT2D eigenvalue weighted by atomic mass is 9.99. The molecule has 108 valence electrons. The van der Waals surface area contributed by atoms with E-state index in [9.17, 15) is 14.7 Å². The largest absolute Gasteiger partial charge is 0.394 e. The van der Waals surface area contributed by atoms with Crippen molar-refractivity contribution in [2.75, 3.05) is 6.61 Å². The molecule has 4 atom stereocenters. The number of aromatic amines is 1. The highest BCUT2D eigenvalue weighted by molar-refractivity contribution is 6.32. The molecule has 7 nitrogen and oxygen atoms in total. The summed E-state index contributed by atoms with van der Waals surface area (Å²) in [5.74, 6) is 2.37. The highest BCUT2D eigenvalue weighted by atomic mass is 35.5. The average molecular weight is 321 g/mol. The van der Waals surface area contributed by atoms with Crippen LogP contribution in [0.4, 0.5) is 0 Å². The second kappa shape index (κ2) is 5.60. The van der Waals surface area contributed by atoms with Gasteiger partial charge in [0.05, 0.1) is 6.61 Å². The van der Waals surface area contributed by atoms with Gasteiger partial charge in [-0.05, 0) is 11.6 Å². The summed E-state index contributed by atoms with van der Waals surface area (Å²) < 4.78 is 6.31. The Labute approximate surface area is 122 Å². The third-order valence-corrected chi connectivity index (χ3v) is 3.57. The highest BCUT2D eigenvalue weighted by Gasteiger charge is 2.55. The number of nitrogens with one attached hydrogen (secondary N) is 1. The van der Waals surface area contributed by atoms with Crippen LogP contribution in [-0.2, 0) is 4.74 Å². The van der Waals surface area contributed by atoms with Crippen molar-refractivity contribution in [1.82, 2.24) is 9.55 Å². The Bertz CT molecular complexity index is 676. The van der Waals surface area contributed by atoms with E-state index in [1.807, 2.05) is 10.4 Å². The SMILES string of the molecule is O=c1ccn(C2OC(CO)C(O)C2(Cl)C#CCl)c(=O)[nH]1. The zero-order valence-electron chi connectivity index (χ0n) is 9.92. The number of halogens is 2. The van der Waals surface area contributed by atoms with E-state index in [1.165, 1.54) is 0 Å². The highest BCUT2D eigenvalue weighted by Crippen LogP contribution is 2.42. The van der Waals surface area contributed by atoms with E-state index in [1.54, 1.807) is 0 Å². The summed E-state index contributed by atoms with van der Waals surface area (Å²) in [7, 11) is 0. The summed E-state index contributed by atoms with van der Waals surface area (Å²) >= 11 is 11.5. The molecule has 1 fully saturated rings. The van der Waals surface area contributed by atoms with E-state index < -0.39 is 41.2 Å². The zero-order chi connectivity index (χ0) is 14.9. The lowest BCUT2D eigenvalue weighted by molar-refractivity contribution is -0.0464. The molecule has 0 spiro atoms. The summed E-state index contributed by atoms with van der Waals surface area (Å²) in [6.07, 6.45) is -2.46. The standard InChI is InChI=1S/C11H10Cl2N2O5/c12-3-2-11(13)8(18)6(5-16)20-9(11)15-4-1-7(17)14-10(15)19/h1,4,6,8-9,16,18H,5H2,(H,14,17,19). The van der Waals surface area contributed by atoms with Gasteiger partial charge in [-0.2, -0.15) is 0 Å². The molecule has 1 aromatic heterocycles. The van der Waals surface area contributed by atoms with Gasteiger partial charge in [0.25, 0.3) is 5.56 Å². The molecule has 0 bridgehead atoms. The molecule has 1 aromatic rings. The van der Waals surface area contributed by atoms with Crippen molar-refractivity contribution >= 4 is 23.2 Å². The number of hydrogen-bond acceptors (Lipinski definition) is 5. The van der Waals surface area contributed by atoms with Crippen LogP contribution in [0.25, 0.3) is 0 Å². The molecule has 0 saturated carbocycles. The van der Waals surface area contributed by atoms with Gasteiger partial charge in [0.15, 0.2) is 11.1 Å². The zero-order valence-corrected chi connectivity index (χ0v) is 11.4. The molecule has 3 N–H and O–H groups in total. The quantitative estimate of drug-likeness (QED) is 0.477. The van der Waals surface area contributed by atoms with Crippen LogP contribution < -0.4 is 11.2 Å². The van der Waals surface area contributed by atoms with Crippen LogP contribution in [0.15, 0.2) is 21.9 Å². The van der Waals surface area contributed by atoms with Crippen LogP contribution in [0.5, 0.6) is 0 Å². The summed E-state index contributed by atoms with van der Waals surface area (Å²) in [6, 6.07) is 1.09. The first-order valence-corrected chi connectivity index (χ1v) is 6.27. The van der Waals surface area contributed by atoms with Gasteiger partial charge in [-0.1, -0.05) is 17.5 Å². The second-order valence-corrected chi connectivity index (χ2v) is 4.97. The number of aliphatic hydroxyl groups excluding tert-OH is 2. The molecule has 0 radical (unpaired) electrons. The number of aromatic nitrogens is 2. The maximum Gasteiger partial charge on any atom is 0.330 e. The van der Waals surface area contributed by atoms with Crippen LogP contribution >= 0.6 is 23.2 Å². The van der Waals surface area contributed by atoms with Gasteiger partial charge >= 0.3 is 5.69 Å². The minimum Gasteiger partial charge on any atom is -0.394 e. The predicted octanol–water partition coefficient (Wildman–Crippen LogP) is -1.04. The molecule has 0 amide bonds. The fourth-order valence-electron chi connectivity index (χ4n) is 1.99. The Balaban J connectivity index is 2.55. The first-order valence-electron chi connectivity index (χ1n) is 5.51. The monoisotopic (exact) mass is 320 g/mol. The molecule has 2 rings (SSSR count). The lowest BCUT2D eigenvalue weighted by Crippen LogP contribution is -2.44. The van der Waals surface area contributed by atoms with E-state index in [4.69, 9.17) is 33.0 Å². The van der Waals surface area contributed by atoms with Crippen LogP contribution in [-0.4, -0.2) is 43.5 Å². The van der Waals surface area contributed by atoms with Crippen molar-refractivity contribution in [2.24, 2.45) is 0 Å². The molecule has 9 heteroatoms. The topological polar surface area (TPSA) is 105 Å². The third kappa shape index (κ3) is 2.37. The molecule has 1 aliphatic heterocycles. The molecule has 0 aromatic carbocycles. The number of ether oxygens (including phenoxy) is 1. The Morgan fingerprint density at radius 2 is 2.25 bits per heavy atom. The lowest BCUT2D eigenvalue weighted by Gasteiger charge is -2.25. The Hall–Kier alpha value is -1.30. The van der Waals surface area contributed by atoms with Gasteiger partial charge in [-0.15, -0.1) is 0 Å². The van der Waals surface area contributed by atoms with E-state index in [-0.39, 0.29) is 0 Å². The molecular weight excluding hydrogens is 311 g/mol. The van der Waals surface area contributed by atoms with Crippen LogP contribution in [0.2, 0.25) is 0 Å². The smallest absolute Gasteiger partial charge is 0.330 e. The molecule has 2 heterocycles. The molecule has 0 aliphatic carbocycles. The Morgan fingerprint density at radius 3 is 2.80 bits per heavy atom. The minimum atomic E-state index is -1.72. The van der Waals surface area contributed by atoms with E-state index >= 15 is 0 Å². The third-order valence-electron chi connectivity index (χ3n) is 2.97. The van der Waals surface area contributed by atoms with Crippen LogP contribution in [0, 0.1) is 11.3 Å². The summed E-state index contributed by atoms with van der Waals surface area (Å²) in [6.45, 7) is -0.520. The van der Waals surface area contributed by atoms with Crippen molar-refractivity contribution in [1.29, 1.82) is 0 Å². The number of nitrogens with zero attached hydrogens (tertiary/aromatic N) is 1. The van der Waals surface area contributed by atoms with Crippen LogP contribution in [0.1, 0.15) is 6.23 Å². The number of alkyl halides is 1. The van der Waals surface area contributed by atoms with E-state index in [0.717, 1.165) is 16.8 Å². The van der Waals surface area contributed by atoms with Gasteiger partial charge in [-0.25, -0.2) is 4.79 Å².